The largest absolute Gasteiger partial charge is 0.362 e. The molecular weight excluding hydrogens is 248 g/mol. The maximum absolute atomic E-state index is 12.2. The molecule has 0 unspecified atom stereocenters. The van der Waals surface area contributed by atoms with Gasteiger partial charge in [-0.25, -0.2) is 9.67 Å². The number of hydrogen-bond acceptors (Lipinski definition) is 5. The minimum atomic E-state index is -0.0430. The second-order valence-electron chi connectivity index (χ2n) is 4.39. The molecule has 6 heteroatoms. The fourth-order valence-electron chi connectivity index (χ4n) is 1.81. The highest BCUT2D eigenvalue weighted by atomic mass is 32.1. The van der Waals surface area contributed by atoms with Crippen LogP contribution in [0, 0.1) is 0 Å². The summed E-state index contributed by atoms with van der Waals surface area (Å²) in [6, 6.07) is 0. The summed E-state index contributed by atoms with van der Waals surface area (Å²) in [6.07, 6.45) is 0. The third kappa shape index (κ3) is 2.12. The Morgan fingerprint density at radius 2 is 2.11 bits per heavy atom. The van der Waals surface area contributed by atoms with E-state index in [9.17, 15) is 4.79 Å². The average molecular weight is 266 g/mol. The number of thiazole rings is 1. The number of hydrogen-bond donors (Lipinski definition) is 1. The smallest absolute Gasteiger partial charge is 0.286 e. The Kier molecular flexibility index (Phi) is 3.65. The van der Waals surface area contributed by atoms with Crippen LogP contribution in [0.25, 0.3) is 10.2 Å². The van der Waals surface area contributed by atoms with E-state index in [1.807, 2.05) is 13.8 Å². The molecule has 2 rings (SSSR count). The predicted molar refractivity (Wildman–Crippen MR) is 75.6 cm³/mol. The van der Waals surface area contributed by atoms with Crippen LogP contribution in [0.3, 0.4) is 0 Å². The SMILES string of the molecule is CCNc1nc2c(C(C)C)nn(CC)c(=O)c2s1. The van der Waals surface area contributed by atoms with Crippen molar-refractivity contribution in [3.63, 3.8) is 0 Å². The molecule has 0 spiro atoms. The molecule has 0 saturated carbocycles. The monoisotopic (exact) mass is 266 g/mol. The average Bonchev–Trinajstić information content (AvgIpc) is 2.74. The zero-order valence-electron chi connectivity index (χ0n) is 11.1. The lowest BCUT2D eigenvalue weighted by Crippen LogP contribution is -2.23. The fraction of sp³-hybridized carbons (Fsp3) is 0.583. The first-order valence-electron chi connectivity index (χ1n) is 6.23. The van der Waals surface area contributed by atoms with Gasteiger partial charge >= 0.3 is 0 Å². The summed E-state index contributed by atoms with van der Waals surface area (Å²) < 4.78 is 2.22. The molecule has 2 heterocycles. The molecule has 18 heavy (non-hydrogen) atoms. The van der Waals surface area contributed by atoms with E-state index in [4.69, 9.17) is 0 Å². The molecule has 0 fully saturated rings. The van der Waals surface area contributed by atoms with Crippen LogP contribution < -0.4 is 10.9 Å². The molecule has 0 aromatic carbocycles. The van der Waals surface area contributed by atoms with Crippen molar-refractivity contribution in [3.8, 4) is 0 Å². The van der Waals surface area contributed by atoms with Crippen LogP contribution >= 0.6 is 11.3 Å². The van der Waals surface area contributed by atoms with E-state index in [0.717, 1.165) is 22.9 Å². The Balaban J connectivity index is 2.75. The first-order chi connectivity index (χ1) is 8.58. The Bertz CT molecular complexity index is 614. The molecule has 0 aliphatic heterocycles. The van der Waals surface area contributed by atoms with Crippen LogP contribution in [0.2, 0.25) is 0 Å². The van der Waals surface area contributed by atoms with Gasteiger partial charge in [-0.15, -0.1) is 0 Å². The lowest BCUT2D eigenvalue weighted by molar-refractivity contribution is 0.595. The summed E-state index contributed by atoms with van der Waals surface area (Å²) in [5, 5.41) is 8.37. The lowest BCUT2D eigenvalue weighted by atomic mass is 10.1. The van der Waals surface area contributed by atoms with Crippen LogP contribution in [0.1, 0.15) is 39.3 Å². The van der Waals surface area contributed by atoms with Gasteiger partial charge in [0.1, 0.15) is 10.2 Å². The van der Waals surface area contributed by atoms with Crippen molar-refractivity contribution >= 4 is 26.7 Å². The molecule has 2 aromatic heterocycles. The number of anilines is 1. The first-order valence-corrected chi connectivity index (χ1v) is 7.05. The van der Waals surface area contributed by atoms with Gasteiger partial charge < -0.3 is 5.32 Å². The van der Waals surface area contributed by atoms with Crippen molar-refractivity contribution in [2.75, 3.05) is 11.9 Å². The Morgan fingerprint density at radius 3 is 2.67 bits per heavy atom. The molecule has 0 amide bonds. The van der Waals surface area contributed by atoms with Crippen LogP contribution in [0.15, 0.2) is 4.79 Å². The van der Waals surface area contributed by atoms with Gasteiger partial charge in [0.05, 0.1) is 5.69 Å². The highest BCUT2D eigenvalue weighted by Crippen LogP contribution is 2.27. The summed E-state index contributed by atoms with van der Waals surface area (Å²) in [4.78, 5) is 16.7. The van der Waals surface area contributed by atoms with Crippen molar-refractivity contribution in [1.29, 1.82) is 0 Å². The summed E-state index contributed by atoms with van der Waals surface area (Å²) in [6.45, 7) is 9.46. The second-order valence-corrected chi connectivity index (χ2v) is 5.39. The van der Waals surface area contributed by atoms with Crippen LogP contribution in [-0.2, 0) is 6.54 Å². The fourth-order valence-corrected chi connectivity index (χ4v) is 2.80. The van der Waals surface area contributed by atoms with Crippen molar-refractivity contribution in [2.45, 2.75) is 40.2 Å². The van der Waals surface area contributed by atoms with E-state index in [0.29, 0.717) is 11.2 Å². The van der Waals surface area contributed by atoms with E-state index < -0.39 is 0 Å². The maximum atomic E-state index is 12.2. The van der Waals surface area contributed by atoms with Gasteiger partial charge in [-0.1, -0.05) is 25.2 Å². The number of fused-ring (bicyclic) bond motifs is 1. The van der Waals surface area contributed by atoms with Crippen LogP contribution in [0.5, 0.6) is 0 Å². The zero-order chi connectivity index (χ0) is 13.3. The van der Waals surface area contributed by atoms with E-state index in [2.05, 4.69) is 29.2 Å². The Morgan fingerprint density at radius 1 is 1.39 bits per heavy atom. The number of aromatic nitrogens is 3. The molecule has 0 radical (unpaired) electrons. The number of aryl methyl sites for hydroxylation is 1. The van der Waals surface area contributed by atoms with Crippen molar-refractivity contribution in [3.05, 3.63) is 16.0 Å². The molecule has 1 N–H and O–H groups in total. The highest BCUT2D eigenvalue weighted by molar-refractivity contribution is 7.22. The normalized spacial score (nSPS) is 11.4. The second kappa shape index (κ2) is 5.06. The molecule has 0 atom stereocenters. The molecule has 98 valence electrons. The number of rotatable bonds is 4. The summed E-state index contributed by atoms with van der Waals surface area (Å²) >= 11 is 1.41. The summed E-state index contributed by atoms with van der Waals surface area (Å²) in [5.41, 5.74) is 1.60. The molecule has 0 aliphatic rings. The third-order valence-electron chi connectivity index (χ3n) is 2.70. The van der Waals surface area contributed by atoms with Gasteiger partial charge in [0.15, 0.2) is 5.13 Å². The minimum Gasteiger partial charge on any atom is -0.362 e. The topological polar surface area (TPSA) is 59.8 Å². The maximum Gasteiger partial charge on any atom is 0.286 e. The molecule has 5 nitrogen and oxygen atoms in total. The van der Waals surface area contributed by atoms with Crippen LogP contribution in [-0.4, -0.2) is 21.3 Å². The van der Waals surface area contributed by atoms with E-state index >= 15 is 0 Å². The number of nitrogens with one attached hydrogen (secondary N) is 1. The zero-order valence-corrected chi connectivity index (χ0v) is 12.0. The Labute approximate surface area is 110 Å². The van der Waals surface area contributed by atoms with E-state index in [-0.39, 0.29) is 11.5 Å². The van der Waals surface area contributed by atoms with Gasteiger partial charge in [0.2, 0.25) is 0 Å². The van der Waals surface area contributed by atoms with Gasteiger partial charge in [0.25, 0.3) is 5.56 Å². The van der Waals surface area contributed by atoms with Crippen molar-refractivity contribution < 1.29 is 0 Å². The van der Waals surface area contributed by atoms with E-state index in [1.165, 1.54) is 16.0 Å². The van der Waals surface area contributed by atoms with Crippen molar-refractivity contribution in [1.82, 2.24) is 14.8 Å². The van der Waals surface area contributed by atoms with E-state index in [1.54, 1.807) is 0 Å². The standard InChI is InChI=1S/C12H18N4OS/c1-5-13-12-14-9-8(7(3)4)15-16(6-2)11(17)10(9)18-12/h7H,5-6H2,1-4H3,(H,13,14). The van der Waals surface area contributed by atoms with Crippen molar-refractivity contribution in [2.24, 2.45) is 0 Å². The Hall–Kier alpha value is -1.43. The molecular formula is C12H18N4OS. The molecule has 0 saturated heterocycles. The summed E-state index contributed by atoms with van der Waals surface area (Å²) in [7, 11) is 0. The highest BCUT2D eigenvalue weighted by Gasteiger charge is 2.17. The van der Waals surface area contributed by atoms with Gasteiger partial charge in [-0.2, -0.15) is 5.10 Å². The molecule has 0 aliphatic carbocycles. The molecule has 0 bridgehead atoms. The third-order valence-corrected chi connectivity index (χ3v) is 3.70. The predicted octanol–water partition coefficient (Wildman–Crippen LogP) is 2.43. The molecule has 2 aromatic rings. The quantitative estimate of drug-likeness (QED) is 0.923. The first kappa shape index (κ1) is 13.0. The minimum absolute atomic E-state index is 0.0430. The number of nitrogens with zero attached hydrogens (tertiary/aromatic N) is 3. The van der Waals surface area contributed by atoms with Gasteiger partial charge in [0, 0.05) is 13.1 Å². The lowest BCUT2D eigenvalue weighted by Gasteiger charge is -2.08. The summed E-state index contributed by atoms with van der Waals surface area (Å²) in [5.74, 6) is 0.252. The van der Waals surface area contributed by atoms with Crippen LogP contribution in [0.4, 0.5) is 5.13 Å². The van der Waals surface area contributed by atoms with Gasteiger partial charge in [-0.3, -0.25) is 4.79 Å². The van der Waals surface area contributed by atoms with Gasteiger partial charge in [-0.05, 0) is 19.8 Å².